The number of hydrogen-bond acceptors (Lipinski definition) is 11. The molecule has 0 aromatic heterocycles. The van der Waals surface area contributed by atoms with Gasteiger partial charge in [-0.2, -0.15) is 0 Å². The predicted molar refractivity (Wildman–Crippen MR) is 195 cm³/mol. The monoisotopic (exact) mass is 755 g/mol. The molecule has 3 aliphatic heterocycles. The number of carbonyl (C=O) groups excluding carboxylic acids is 3. The molecular formula is C38H53N5O11. The quantitative estimate of drug-likeness (QED) is 0.156. The smallest absolute Gasteiger partial charge is 0.336 e. The Labute approximate surface area is 314 Å². The van der Waals surface area contributed by atoms with Crippen molar-refractivity contribution in [3.05, 3.63) is 64.7 Å². The molecule has 7 N–H and O–H groups in total. The van der Waals surface area contributed by atoms with Gasteiger partial charge in [0.15, 0.2) is 5.60 Å². The van der Waals surface area contributed by atoms with E-state index < -0.39 is 72.3 Å². The minimum atomic E-state index is -2.03. The van der Waals surface area contributed by atoms with E-state index in [4.69, 9.17) is 9.47 Å². The lowest BCUT2D eigenvalue weighted by Crippen LogP contribution is -2.68. The van der Waals surface area contributed by atoms with Crippen LogP contribution < -0.4 is 10.6 Å². The third-order valence-corrected chi connectivity index (χ3v) is 10.9. The summed E-state index contributed by atoms with van der Waals surface area (Å²) in [4.78, 5) is 57.1. The molecule has 2 aromatic carbocycles. The second-order valence-electron chi connectivity index (χ2n) is 14.9. The van der Waals surface area contributed by atoms with Crippen LogP contribution >= 0.6 is 0 Å². The number of aliphatic hydroxyl groups is 3. The topological polar surface area (TPSA) is 222 Å². The number of morpholine rings is 1. The third-order valence-electron chi connectivity index (χ3n) is 10.9. The fraction of sp³-hybridized carbons (Fsp3) is 0.579. The third kappa shape index (κ3) is 8.96. The van der Waals surface area contributed by atoms with E-state index in [1.807, 2.05) is 30.3 Å². The van der Waals surface area contributed by atoms with Gasteiger partial charge in [-0.25, -0.2) is 9.59 Å². The molecule has 3 saturated heterocycles. The van der Waals surface area contributed by atoms with Gasteiger partial charge in [-0.1, -0.05) is 30.3 Å². The fourth-order valence-corrected chi connectivity index (χ4v) is 7.88. The number of phenolic OH excluding ortho intramolecular Hbond substituents is 1. The van der Waals surface area contributed by atoms with Gasteiger partial charge in [0.25, 0.3) is 5.91 Å². The average Bonchev–Trinajstić information content (AvgIpc) is 3.56. The minimum absolute atomic E-state index is 0.0485. The molecule has 0 saturated carbocycles. The number of likely N-dealkylation sites (tertiary alicyclic amines) is 1. The maximum atomic E-state index is 13.5. The Morgan fingerprint density at radius 1 is 1.07 bits per heavy atom. The molecule has 0 bridgehead atoms. The first-order valence-corrected chi connectivity index (χ1v) is 18.2. The van der Waals surface area contributed by atoms with Gasteiger partial charge in [-0.05, 0) is 49.1 Å². The van der Waals surface area contributed by atoms with Crippen molar-refractivity contribution in [2.24, 2.45) is 0 Å². The second-order valence-corrected chi connectivity index (χ2v) is 14.9. The molecule has 296 valence electrons. The van der Waals surface area contributed by atoms with E-state index in [0.717, 1.165) is 5.56 Å². The summed E-state index contributed by atoms with van der Waals surface area (Å²) in [6.45, 7) is 6.62. The number of carboxylic acids is 1. The van der Waals surface area contributed by atoms with Crippen LogP contribution in [0.4, 0.5) is 4.79 Å². The summed E-state index contributed by atoms with van der Waals surface area (Å²) in [5.74, 6) is -2.51. The summed E-state index contributed by atoms with van der Waals surface area (Å²) in [6.07, 6.45) is -6.58. The number of aliphatic hydroxyl groups excluding tert-OH is 3. The van der Waals surface area contributed by atoms with Gasteiger partial charge in [0, 0.05) is 71.6 Å². The highest BCUT2D eigenvalue weighted by molar-refractivity contribution is 5.95. The first-order valence-electron chi connectivity index (χ1n) is 18.2. The van der Waals surface area contributed by atoms with Crippen molar-refractivity contribution in [3.8, 4) is 5.75 Å². The average molecular weight is 756 g/mol. The number of nitrogens with zero attached hydrogens (tertiary/aromatic N) is 3. The van der Waals surface area contributed by atoms with E-state index in [0.29, 0.717) is 56.9 Å². The number of carbonyl (C=O) groups is 4. The molecule has 3 aliphatic rings. The number of hydrogen-bond donors (Lipinski definition) is 7. The van der Waals surface area contributed by atoms with E-state index in [1.54, 1.807) is 30.7 Å². The standard InChI is InChI=1S/C38H53N5O11/c1-23-16-27(17-24(2)31(23)47)34(49)39-19-29(46)32(48)33-30(40-25(3)44)28(45)18-38(54-33,35(50)51)11-13-43-14-15-53-22-37(43)10-12-42(21-37)36(52)41(4)20-26-8-6-5-7-9-26/h5-9,16-17,28-30,32-33,45-48H,10-15,18-22H2,1-4H3,(H,39,49)(H,40,44)(H,50,51)/t28-,29+,30+,32+,33+,37-,38+/m0/s1. The first-order chi connectivity index (χ1) is 25.6. The van der Waals surface area contributed by atoms with Crippen LogP contribution in [0.5, 0.6) is 5.75 Å². The van der Waals surface area contributed by atoms with Crippen LogP contribution in [-0.2, 0) is 25.6 Å². The number of aryl methyl sites for hydroxylation is 2. The molecule has 0 aliphatic carbocycles. The van der Waals surface area contributed by atoms with Gasteiger partial charge >= 0.3 is 12.0 Å². The van der Waals surface area contributed by atoms with Crippen molar-refractivity contribution in [1.82, 2.24) is 25.3 Å². The number of ether oxygens (including phenoxy) is 2. The molecule has 3 fully saturated rings. The highest BCUT2D eigenvalue weighted by Gasteiger charge is 2.55. The number of benzene rings is 2. The van der Waals surface area contributed by atoms with Gasteiger partial charge < -0.3 is 55.4 Å². The molecule has 0 radical (unpaired) electrons. The molecule has 16 heteroatoms. The van der Waals surface area contributed by atoms with E-state index in [-0.39, 0.29) is 30.3 Å². The van der Waals surface area contributed by atoms with Crippen molar-refractivity contribution >= 4 is 23.8 Å². The number of amides is 4. The minimum Gasteiger partial charge on any atom is -0.507 e. The van der Waals surface area contributed by atoms with Crippen molar-refractivity contribution in [2.75, 3.05) is 53.0 Å². The summed E-state index contributed by atoms with van der Waals surface area (Å²) < 4.78 is 12.1. The summed E-state index contributed by atoms with van der Waals surface area (Å²) in [6, 6.07) is 11.2. The molecule has 4 amide bonds. The van der Waals surface area contributed by atoms with Crippen molar-refractivity contribution in [1.29, 1.82) is 0 Å². The summed E-state index contributed by atoms with van der Waals surface area (Å²) in [5, 5.41) is 59.5. The number of urea groups is 1. The maximum Gasteiger partial charge on any atom is 0.336 e. The Balaban J connectivity index is 1.28. The van der Waals surface area contributed by atoms with Crippen LogP contribution in [0.3, 0.4) is 0 Å². The van der Waals surface area contributed by atoms with Crippen LogP contribution in [-0.4, -0.2) is 159 Å². The summed E-state index contributed by atoms with van der Waals surface area (Å²) >= 11 is 0. The number of aliphatic carboxylic acids is 1. The van der Waals surface area contributed by atoms with Crippen molar-refractivity contribution in [2.45, 2.75) is 88.2 Å². The Morgan fingerprint density at radius 2 is 1.76 bits per heavy atom. The van der Waals surface area contributed by atoms with Crippen LogP contribution in [0.1, 0.15) is 53.2 Å². The first kappa shape index (κ1) is 40.9. The highest BCUT2D eigenvalue weighted by atomic mass is 16.6. The Bertz CT molecular complexity index is 1660. The van der Waals surface area contributed by atoms with Crippen molar-refractivity contribution < 1.29 is 54.2 Å². The summed E-state index contributed by atoms with van der Waals surface area (Å²) in [7, 11) is 1.75. The zero-order valence-corrected chi connectivity index (χ0v) is 31.2. The molecule has 7 atom stereocenters. The summed E-state index contributed by atoms with van der Waals surface area (Å²) in [5.41, 5.74) is -0.463. The number of carboxylic acid groups (broad SMARTS) is 1. The number of phenols is 1. The van der Waals surface area contributed by atoms with Gasteiger partial charge in [-0.15, -0.1) is 0 Å². The lowest BCUT2D eigenvalue weighted by atomic mass is 9.81. The van der Waals surface area contributed by atoms with Gasteiger partial charge in [0.2, 0.25) is 5.91 Å². The molecule has 1 spiro atoms. The van der Waals surface area contributed by atoms with E-state index in [9.17, 15) is 44.7 Å². The number of nitrogens with one attached hydrogen (secondary N) is 2. The normalized spacial score (nSPS) is 26.9. The van der Waals surface area contributed by atoms with Crippen LogP contribution in [0.25, 0.3) is 0 Å². The van der Waals surface area contributed by atoms with E-state index in [1.165, 1.54) is 19.1 Å². The maximum absolute atomic E-state index is 13.5. The molecule has 2 aromatic rings. The Morgan fingerprint density at radius 3 is 2.41 bits per heavy atom. The van der Waals surface area contributed by atoms with Crippen LogP contribution in [0.2, 0.25) is 0 Å². The number of aromatic hydroxyl groups is 1. The van der Waals surface area contributed by atoms with Gasteiger partial charge in [0.05, 0.1) is 37.0 Å². The van der Waals surface area contributed by atoms with E-state index in [2.05, 4.69) is 15.5 Å². The zero-order chi connectivity index (χ0) is 39.4. The van der Waals surface area contributed by atoms with Gasteiger partial charge in [0.1, 0.15) is 18.0 Å². The van der Waals surface area contributed by atoms with Crippen LogP contribution in [0, 0.1) is 13.8 Å². The van der Waals surface area contributed by atoms with Crippen molar-refractivity contribution in [3.63, 3.8) is 0 Å². The molecule has 5 rings (SSSR count). The SMILES string of the molecule is CC(=O)N[C@H]1[C@H]([C@H](O)[C@H](O)CNC(=O)c2cc(C)c(O)c(C)c2)O[C@@](CCN2CCOC[C@@]23CCN(C(=O)N(C)Cc2ccccc2)C3)(C(=O)O)C[C@@H]1O. The lowest BCUT2D eigenvalue weighted by molar-refractivity contribution is -0.231. The molecule has 54 heavy (non-hydrogen) atoms. The molecule has 3 heterocycles. The zero-order valence-electron chi connectivity index (χ0n) is 31.2. The Hall–Kier alpha value is -4.32. The van der Waals surface area contributed by atoms with Gasteiger partial charge in [-0.3, -0.25) is 14.5 Å². The fourth-order valence-electron chi connectivity index (χ4n) is 7.88. The largest absolute Gasteiger partial charge is 0.507 e. The number of rotatable bonds is 12. The molecule has 0 unspecified atom stereocenters. The van der Waals surface area contributed by atoms with E-state index >= 15 is 0 Å². The molecular weight excluding hydrogens is 702 g/mol. The molecule has 16 nitrogen and oxygen atoms in total. The second kappa shape index (κ2) is 17.0. The Kier molecular flexibility index (Phi) is 12.9. The lowest BCUT2D eigenvalue weighted by Gasteiger charge is -2.49. The van der Waals surface area contributed by atoms with Crippen LogP contribution in [0.15, 0.2) is 42.5 Å². The highest BCUT2D eigenvalue weighted by Crippen LogP contribution is 2.38. The predicted octanol–water partition coefficient (Wildman–Crippen LogP) is 0.357.